The number of H-pyrrole nitrogens is 1. The number of nitrogens with one attached hydrogen (secondary N) is 2. The van der Waals surface area contributed by atoms with E-state index in [1.54, 1.807) is 6.92 Å². The van der Waals surface area contributed by atoms with Gasteiger partial charge in [-0.2, -0.15) is 0 Å². The van der Waals surface area contributed by atoms with Gasteiger partial charge in [-0.15, -0.1) is 0 Å². The van der Waals surface area contributed by atoms with Crippen LogP contribution in [-0.4, -0.2) is 33.1 Å². The summed E-state index contributed by atoms with van der Waals surface area (Å²) in [6.07, 6.45) is 1.79. The molecule has 2 atom stereocenters. The monoisotopic (exact) mass is 317 g/mol. The van der Waals surface area contributed by atoms with E-state index in [1.165, 1.54) is 0 Å². The number of carbonyl (C=O) groups excluding carboxylic acids is 1. The Morgan fingerprint density at radius 2 is 2.22 bits per heavy atom. The summed E-state index contributed by atoms with van der Waals surface area (Å²) in [5.74, 6) is 0.894. The summed E-state index contributed by atoms with van der Waals surface area (Å²) >= 11 is 0. The number of fused-ring (bicyclic) bond motifs is 1. The zero-order chi connectivity index (χ0) is 17.0. The fourth-order valence-electron chi connectivity index (χ4n) is 2.56. The van der Waals surface area contributed by atoms with E-state index in [4.69, 9.17) is 0 Å². The highest BCUT2D eigenvalue weighted by Crippen LogP contribution is 2.19. The molecule has 0 aliphatic heterocycles. The van der Waals surface area contributed by atoms with Gasteiger partial charge in [0.05, 0.1) is 16.6 Å². The summed E-state index contributed by atoms with van der Waals surface area (Å²) in [6.45, 7) is 8.09. The van der Waals surface area contributed by atoms with Crippen molar-refractivity contribution in [3.63, 3.8) is 0 Å². The van der Waals surface area contributed by atoms with Crippen LogP contribution in [0.25, 0.3) is 11.0 Å². The van der Waals surface area contributed by atoms with Crippen LogP contribution in [0.1, 0.15) is 45.0 Å². The van der Waals surface area contributed by atoms with E-state index in [-0.39, 0.29) is 18.4 Å². The Hall–Kier alpha value is -1.88. The number of aromatic amines is 1. The molecule has 0 fully saturated rings. The van der Waals surface area contributed by atoms with Crippen molar-refractivity contribution in [2.45, 2.75) is 52.6 Å². The molecule has 1 aromatic carbocycles. The maximum atomic E-state index is 12.0. The Bertz CT molecular complexity index is 676. The lowest BCUT2D eigenvalue weighted by atomic mass is 9.88. The topological polar surface area (TPSA) is 78.0 Å². The number of rotatable bonds is 7. The third-order valence-corrected chi connectivity index (χ3v) is 4.67. The number of hydrogen-bond donors (Lipinski definition) is 3. The van der Waals surface area contributed by atoms with Gasteiger partial charge in [-0.3, -0.25) is 4.79 Å². The summed E-state index contributed by atoms with van der Waals surface area (Å²) in [7, 11) is 0. The lowest BCUT2D eigenvalue weighted by Gasteiger charge is -2.29. The predicted octanol–water partition coefficient (Wildman–Crippen LogP) is 2.72. The Labute approximate surface area is 137 Å². The lowest BCUT2D eigenvalue weighted by Crippen LogP contribution is -2.45. The van der Waals surface area contributed by atoms with Gasteiger partial charge in [0.15, 0.2) is 0 Å². The van der Waals surface area contributed by atoms with E-state index < -0.39 is 5.60 Å². The van der Waals surface area contributed by atoms with Crippen molar-refractivity contribution in [2.24, 2.45) is 5.92 Å². The number of carbonyl (C=O) groups is 1. The van der Waals surface area contributed by atoms with Crippen LogP contribution in [0.3, 0.4) is 0 Å². The molecule has 0 bridgehead atoms. The molecular formula is C18H27N3O2. The van der Waals surface area contributed by atoms with Crippen LogP contribution in [0, 0.1) is 12.8 Å². The molecule has 5 nitrogen and oxygen atoms in total. The second kappa shape index (κ2) is 7.13. The summed E-state index contributed by atoms with van der Waals surface area (Å²) in [5.41, 5.74) is 2.21. The fourth-order valence-corrected chi connectivity index (χ4v) is 2.56. The first-order valence-electron chi connectivity index (χ1n) is 8.26. The molecule has 2 rings (SSSR count). The smallest absolute Gasteiger partial charge is 0.220 e. The maximum absolute atomic E-state index is 12.0. The van der Waals surface area contributed by atoms with Crippen LogP contribution in [0.15, 0.2) is 18.2 Å². The fraction of sp³-hybridized carbons (Fsp3) is 0.556. The number of benzene rings is 1. The highest BCUT2D eigenvalue weighted by molar-refractivity contribution is 5.79. The van der Waals surface area contributed by atoms with E-state index in [9.17, 15) is 9.90 Å². The third kappa shape index (κ3) is 4.32. The number of imidazole rings is 1. The zero-order valence-electron chi connectivity index (χ0n) is 14.4. The van der Waals surface area contributed by atoms with E-state index in [0.29, 0.717) is 12.8 Å². The summed E-state index contributed by atoms with van der Waals surface area (Å²) in [6, 6.07) is 6.00. The van der Waals surface area contributed by atoms with Crippen molar-refractivity contribution in [3.8, 4) is 0 Å². The highest BCUT2D eigenvalue weighted by atomic mass is 16.3. The lowest BCUT2D eigenvalue weighted by molar-refractivity contribution is -0.122. The van der Waals surface area contributed by atoms with Crippen LogP contribution in [0.4, 0.5) is 0 Å². The van der Waals surface area contributed by atoms with Crippen molar-refractivity contribution in [1.29, 1.82) is 0 Å². The summed E-state index contributed by atoms with van der Waals surface area (Å²) in [5, 5.41) is 13.1. The van der Waals surface area contributed by atoms with Crippen molar-refractivity contribution in [2.75, 3.05) is 6.54 Å². The summed E-state index contributed by atoms with van der Waals surface area (Å²) in [4.78, 5) is 19.8. The van der Waals surface area contributed by atoms with E-state index in [0.717, 1.165) is 28.8 Å². The number of aromatic nitrogens is 2. The molecule has 126 valence electrons. The average molecular weight is 317 g/mol. The Morgan fingerprint density at radius 3 is 2.87 bits per heavy atom. The van der Waals surface area contributed by atoms with Gasteiger partial charge in [-0.1, -0.05) is 32.4 Å². The molecule has 5 heteroatoms. The van der Waals surface area contributed by atoms with Gasteiger partial charge in [0.2, 0.25) is 5.91 Å². The molecule has 0 aliphatic carbocycles. The number of amides is 1. The van der Waals surface area contributed by atoms with Crippen LogP contribution >= 0.6 is 0 Å². The molecule has 3 N–H and O–H groups in total. The van der Waals surface area contributed by atoms with Gasteiger partial charge in [0.1, 0.15) is 5.82 Å². The maximum Gasteiger partial charge on any atom is 0.220 e. The molecule has 1 aromatic heterocycles. The van der Waals surface area contributed by atoms with Gasteiger partial charge in [0.25, 0.3) is 0 Å². The first kappa shape index (κ1) is 17.5. The third-order valence-electron chi connectivity index (χ3n) is 4.67. The first-order chi connectivity index (χ1) is 10.8. The molecule has 0 radical (unpaired) electrons. The standard InChI is InChI=1S/C18H27N3O2/c1-5-13(3)18(4,23)11-19-16(22)10-9-15-20-14-8-6-7-12(2)17(14)21-15/h6-8,13,23H,5,9-11H2,1-4H3,(H,19,22)(H,20,21). The predicted molar refractivity (Wildman–Crippen MR) is 92.2 cm³/mol. The van der Waals surface area contributed by atoms with Crippen LogP contribution in [0.2, 0.25) is 0 Å². The Kier molecular flexibility index (Phi) is 5.42. The quantitative estimate of drug-likeness (QED) is 0.735. The van der Waals surface area contributed by atoms with Crippen molar-refractivity contribution in [3.05, 3.63) is 29.6 Å². The first-order valence-corrected chi connectivity index (χ1v) is 8.26. The van der Waals surface area contributed by atoms with Gasteiger partial charge in [-0.05, 0) is 31.4 Å². The molecule has 0 spiro atoms. The molecular weight excluding hydrogens is 290 g/mol. The Morgan fingerprint density at radius 1 is 1.48 bits per heavy atom. The molecule has 0 aliphatic rings. The second-order valence-electron chi connectivity index (χ2n) is 6.60. The van der Waals surface area contributed by atoms with Gasteiger partial charge < -0.3 is 15.4 Å². The number of aliphatic hydroxyl groups is 1. The number of hydrogen-bond acceptors (Lipinski definition) is 3. The second-order valence-corrected chi connectivity index (χ2v) is 6.60. The highest BCUT2D eigenvalue weighted by Gasteiger charge is 2.27. The molecule has 1 heterocycles. The van der Waals surface area contributed by atoms with Gasteiger partial charge >= 0.3 is 0 Å². The SMILES string of the molecule is CCC(C)C(C)(O)CNC(=O)CCc1nc2c(C)cccc2[nH]1. The van der Waals surface area contributed by atoms with Crippen LogP contribution in [0.5, 0.6) is 0 Å². The molecule has 2 aromatic rings. The van der Waals surface area contributed by atoms with Crippen molar-refractivity contribution in [1.82, 2.24) is 15.3 Å². The molecule has 2 unspecified atom stereocenters. The van der Waals surface area contributed by atoms with E-state index >= 15 is 0 Å². The largest absolute Gasteiger partial charge is 0.388 e. The zero-order valence-corrected chi connectivity index (χ0v) is 14.4. The number of nitrogens with zero attached hydrogens (tertiary/aromatic N) is 1. The van der Waals surface area contributed by atoms with Gasteiger partial charge in [-0.25, -0.2) is 4.98 Å². The van der Waals surface area contributed by atoms with Gasteiger partial charge in [0, 0.05) is 19.4 Å². The molecule has 0 saturated carbocycles. The van der Waals surface area contributed by atoms with E-state index in [2.05, 4.69) is 15.3 Å². The molecule has 23 heavy (non-hydrogen) atoms. The number of para-hydroxylation sites is 1. The van der Waals surface area contributed by atoms with E-state index in [1.807, 2.05) is 39.0 Å². The van der Waals surface area contributed by atoms with Crippen molar-refractivity contribution < 1.29 is 9.90 Å². The minimum Gasteiger partial charge on any atom is -0.388 e. The average Bonchev–Trinajstić information content (AvgIpc) is 2.94. The molecule has 1 amide bonds. The normalized spacial score (nSPS) is 15.3. The minimum absolute atomic E-state index is 0.0641. The Balaban J connectivity index is 1.87. The van der Waals surface area contributed by atoms with Crippen LogP contribution < -0.4 is 5.32 Å². The minimum atomic E-state index is -0.874. The number of aryl methyl sites for hydroxylation is 2. The van der Waals surface area contributed by atoms with Crippen LogP contribution in [-0.2, 0) is 11.2 Å². The summed E-state index contributed by atoms with van der Waals surface area (Å²) < 4.78 is 0. The van der Waals surface area contributed by atoms with Crippen molar-refractivity contribution >= 4 is 16.9 Å². The molecule has 0 saturated heterocycles.